The summed E-state index contributed by atoms with van der Waals surface area (Å²) in [6, 6.07) is 7.40. The summed E-state index contributed by atoms with van der Waals surface area (Å²) >= 11 is 0. The highest BCUT2D eigenvalue weighted by Gasteiger charge is 2.38. The predicted octanol–water partition coefficient (Wildman–Crippen LogP) is 2.83. The first-order valence-corrected chi connectivity index (χ1v) is 9.18. The van der Waals surface area contributed by atoms with Crippen LogP contribution < -0.4 is 10.0 Å². The van der Waals surface area contributed by atoms with E-state index in [1.54, 1.807) is 12.1 Å². The van der Waals surface area contributed by atoms with E-state index in [1.807, 2.05) is 12.1 Å². The van der Waals surface area contributed by atoms with Crippen molar-refractivity contribution in [2.24, 2.45) is 5.41 Å². The van der Waals surface area contributed by atoms with Crippen LogP contribution >= 0.6 is 0 Å². The summed E-state index contributed by atoms with van der Waals surface area (Å²) in [5.74, 6) is 0. The van der Waals surface area contributed by atoms with Crippen LogP contribution in [-0.4, -0.2) is 21.5 Å². The van der Waals surface area contributed by atoms with Crippen LogP contribution in [0.5, 0.6) is 0 Å². The molecule has 0 radical (unpaired) electrons. The van der Waals surface area contributed by atoms with Crippen LogP contribution in [0.4, 0.5) is 0 Å². The van der Waals surface area contributed by atoms with Gasteiger partial charge in [-0.1, -0.05) is 26.0 Å². The summed E-state index contributed by atoms with van der Waals surface area (Å²) in [4.78, 5) is 0.346. The van der Waals surface area contributed by atoms with Crippen LogP contribution in [0.2, 0.25) is 0 Å². The molecule has 0 saturated heterocycles. The molecule has 21 heavy (non-hydrogen) atoms. The Morgan fingerprint density at radius 3 is 2.38 bits per heavy atom. The summed E-state index contributed by atoms with van der Waals surface area (Å²) in [5, 5.41) is 3.40. The minimum absolute atomic E-state index is 0.172. The minimum Gasteiger partial charge on any atom is -0.310 e. The van der Waals surface area contributed by atoms with Crippen molar-refractivity contribution < 1.29 is 8.42 Å². The third-order valence-corrected chi connectivity index (χ3v) is 5.60. The van der Waals surface area contributed by atoms with Crippen molar-refractivity contribution in [1.82, 2.24) is 10.0 Å². The molecule has 0 aromatic heterocycles. The smallest absolute Gasteiger partial charge is 0.240 e. The second kappa shape index (κ2) is 6.46. The number of benzene rings is 1. The summed E-state index contributed by atoms with van der Waals surface area (Å²) in [5.41, 5.74) is 1.28. The molecule has 0 aliphatic heterocycles. The van der Waals surface area contributed by atoms with Gasteiger partial charge in [0.2, 0.25) is 10.0 Å². The van der Waals surface area contributed by atoms with Gasteiger partial charge in [0.1, 0.15) is 0 Å². The number of hydrogen-bond donors (Lipinski definition) is 2. The van der Waals surface area contributed by atoms with Crippen LogP contribution in [-0.2, 0) is 10.0 Å². The molecule has 2 rings (SSSR count). The SMILES string of the molecule is CCCNC(C)c1ccc(S(=O)(=O)NCC2(C)CC2)cc1. The fourth-order valence-corrected chi connectivity index (χ4v) is 3.36. The molecule has 1 aliphatic carbocycles. The first-order chi connectivity index (χ1) is 9.86. The van der Waals surface area contributed by atoms with Gasteiger partial charge in [0.15, 0.2) is 0 Å². The lowest BCUT2D eigenvalue weighted by atomic mass is 10.1. The second-order valence-corrected chi connectivity index (χ2v) is 8.15. The summed E-state index contributed by atoms with van der Waals surface area (Å²) < 4.78 is 27.2. The molecule has 0 spiro atoms. The average Bonchev–Trinajstić information content (AvgIpc) is 3.21. The minimum atomic E-state index is -3.38. The molecule has 1 unspecified atom stereocenters. The van der Waals surface area contributed by atoms with Crippen LogP contribution in [0.25, 0.3) is 0 Å². The lowest BCUT2D eigenvalue weighted by molar-refractivity contribution is 0.530. The molecule has 2 N–H and O–H groups in total. The Morgan fingerprint density at radius 1 is 1.24 bits per heavy atom. The number of rotatable bonds is 8. The van der Waals surface area contributed by atoms with E-state index in [-0.39, 0.29) is 11.5 Å². The maximum absolute atomic E-state index is 12.2. The summed E-state index contributed by atoms with van der Waals surface area (Å²) in [7, 11) is -3.38. The molecule has 0 amide bonds. The van der Waals surface area contributed by atoms with E-state index in [9.17, 15) is 8.42 Å². The Labute approximate surface area is 128 Å². The van der Waals surface area contributed by atoms with Crippen LogP contribution in [0, 0.1) is 5.41 Å². The van der Waals surface area contributed by atoms with Crippen molar-refractivity contribution in [3.63, 3.8) is 0 Å². The van der Waals surface area contributed by atoms with Gasteiger partial charge in [-0.2, -0.15) is 0 Å². The second-order valence-electron chi connectivity index (χ2n) is 6.38. The quantitative estimate of drug-likeness (QED) is 0.776. The molecule has 1 saturated carbocycles. The molecule has 1 aliphatic rings. The largest absolute Gasteiger partial charge is 0.310 e. The average molecular weight is 310 g/mol. The number of sulfonamides is 1. The first kappa shape index (κ1) is 16.5. The third-order valence-electron chi connectivity index (χ3n) is 4.18. The van der Waals surface area contributed by atoms with Crippen molar-refractivity contribution in [1.29, 1.82) is 0 Å². The normalized spacial score (nSPS) is 18.4. The van der Waals surface area contributed by atoms with Gasteiger partial charge in [-0.15, -0.1) is 0 Å². The Kier molecular flexibility index (Phi) is 5.07. The lowest BCUT2D eigenvalue weighted by Crippen LogP contribution is -2.29. The molecule has 1 aromatic rings. The zero-order chi connectivity index (χ0) is 15.5. The van der Waals surface area contributed by atoms with Gasteiger partial charge in [0.25, 0.3) is 0 Å². The zero-order valence-electron chi connectivity index (χ0n) is 13.1. The molecule has 0 bridgehead atoms. The van der Waals surface area contributed by atoms with Crippen LogP contribution in [0.15, 0.2) is 29.2 Å². The fourth-order valence-electron chi connectivity index (χ4n) is 2.16. The number of hydrogen-bond acceptors (Lipinski definition) is 3. The van der Waals surface area contributed by atoms with E-state index >= 15 is 0 Å². The van der Waals surface area contributed by atoms with Crippen molar-refractivity contribution in [3.05, 3.63) is 29.8 Å². The monoisotopic (exact) mass is 310 g/mol. The van der Waals surface area contributed by atoms with Crippen molar-refractivity contribution in [2.75, 3.05) is 13.1 Å². The van der Waals surface area contributed by atoms with E-state index in [4.69, 9.17) is 0 Å². The molecule has 118 valence electrons. The lowest BCUT2D eigenvalue weighted by Gasteiger charge is -2.15. The van der Waals surface area contributed by atoms with Crippen LogP contribution in [0.1, 0.15) is 51.6 Å². The molecule has 5 heteroatoms. The van der Waals surface area contributed by atoms with Gasteiger partial charge in [-0.05, 0) is 55.8 Å². The van der Waals surface area contributed by atoms with E-state index in [0.717, 1.165) is 31.4 Å². The van der Waals surface area contributed by atoms with Gasteiger partial charge in [-0.25, -0.2) is 13.1 Å². The molecular formula is C16H26N2O2S. The van der Waals surface area contributed by atoms with Gasteiger partial charge < -0.3 is 5.32 Å². The highest BCUT2D eigenvalue weighted by atomic mass is 32.2. The topological polar surface area (TPSA) is 58.2 Å². The van der Waals surface area contributed by atoms with Gasteiger partial charge in [-0.3, -0.25) is 0 Å². The molecule has 1 aromatic carbocycles. The predicted molar refractivity (Wildman–Crippen MR) is 85.7 cm³/mol. The van der Waals surface area contributed by atoms with Gasteiger partial charge in [0.05, 0.1) is 4.90 Å². The highest BCUT2D eigenvalue weighted by Crippen LogP contribution is 2.44. The van der Waals surface area contributed by atoms with Crippen molar-refractivity contribution in [3.8, 4) is 0 Å². The van der Waals surface area contributed by atoms with Crippen LogP contribution in [0.3, 0.4) is 0 Å². The Morgan fingerprint density at radius 2 is 1.86 bits per heavy atom. The Balaban J connectivity index is 2.00. The van der Waals surface area contributed by atoms with Gasteiger partial charge in [0, 0.05) is 12.6 Å². The molecule has 1 fully saturated rings. The van der Waals surface area contributed by atoms with E-state index in [0.29, 0.717) is 11.4 Å². The highest BCUT2D eigenvalue weighted by molar-refractivity contribution is 7.89. The van der Waals surface area contributed by atoms with E-state index < -0.39 is 10.0 Å². The standard InChI is InChI=1S/C16H26N2O2S/c1-4-11-17-13(2)14-5-7-15(8-6-14)21(19,20)18-12-16(3)9-10-16/h5-8,13,17-18H,4,9-12H2,1-3H3. The summed E-state index contributed by atoms with van der Waals surface area (Å²) in [6.07, 6.45) is 3.30. The third kappa shape index (κ3) is 4.53. The molecule has 4 nitrogen and oxygen atoms in total. The van der Waals surface area contributed by atoms with E-state index in [2.05, 4.69) is 30.8 Å². The summed E-state index contributed by atoms with van der Waals surface area (Å²) in [6.45, 7) is 7.82. The molecular weight excluding hydrogens is 284 g/mol. The molecule has 0 heterocycles. The maximum atomic E-state index is 12.2. The molecule has 1 atom stereocenters. The fraction of sp³-hybridized carbons (Fsp3) is 0.625. The Bertz CT molecular complexity index is 562. The first-order valence-electron chi connectivity index (χ1n) is 7.69. The van der Waals surface area contributed by atoms with Crippen molar-refractivity contribution >= 4 is 10.0 Å². The number of nitrogens with one attached hydrogen (secondary N) is 2. The Hall–Kier alpha value is -0.910. The van der Waals surface area contributed by atoms with Crippen molar-refractivity contribution in [2.45, 2.75) is 51.0 Å². The van der Waals surface area contributed by atoms with E-state index in [1.165, 1.54) is 0 Å². The zero-order valence-corrected chi connectivity index (χ0v) is 14.0. The maximum Gasteiger partial charge on any atom is 0.240 e. The van der Waals surface area contributed by atoms with Gasteiger partial charge >= 0.3 is 0 Å².